The molecule has 0 saturated heterocycles. The molecular weight excluding hydrogens is 310 g/mol. The number of hydrogen-bond acceptors (Lipinski definition) is 4. The Hall–Kier alpha value is -0.920. The van der Waals surface area contributed by atoms with Gasteiger partial charge in [0.15, 0.2) is 0 Å². The number of hydrogen-bond donors (Lipinski definition) is 1. The summed E-state index contributed by atoms with van der Waals surface area (Å²) in [6, 6.07) is 7.78. The van der Waals surface area contributed by atoms with E-state index in [1.54, 1.807) is 13.8 Å². The fourth-order valence-electron chi connectivity index (χ4n) is 2.05. The van der Waals surface area contributed by atoms with Crippen LogP contribution in [0.5, 0.6) is 0 Å². The van der Waals surface area contributed by atoms with Crippen LogP contribution in [0.15, 0.2) is 24.3 Å². The highest BCUT2D eigenvalue weighted by Gasteiger charge is 2.26. The van der Waals surface area contributed by atoms with Gasteiger partial charge in [-0.1, -0.05) is 24.3 Å². The number of nitrogens with one attached hydrogen (secondary N) is 1. The number of rotatable bonds is 7. The molecular formula is C14H23NO4S2. The normalized spacial score (nSPS) is 13.3. The van der Waals surface area contributed by atoms with Gasteiger partial charge in [0, 0.05) is 11.8 Å². The van der Waals surface area contributed by atoms with Crippen molar-refractivity contribution in [2.24, 2.45) is 0 Å². The van der Waals surface area contributed by atoms with E-state index < -0.39 is 31.2 Å². The fourth-order valence-corrected chi connectivity index (χ4v) is 5.16. The highest BCUT2D eigenvalue weighted by molar-refractivity contribution is 7.93. The topological polar surface area (TPSA) is 80.3 Å². The van der Waals surface area contributed by atoms with Crippen LogP contribution in [0.3, 0.4) is 0 Å². The second-order valence-corrected chi connectivity index (χ2v) is 10.1. The van der Waals surface area contributed by atoms with E-state index in [9.17, 15) is 16.8 Å². The molecule has 0 saturated carbocycles. The van der Waals surface area contributed by atoms with Crippen molar-refractivity contribution < 1.29 is 16.8 Å². The lowest BCUT2D eigenvalue weighted by Crippen LogP contribution is -2.46. The van der Waals surface area contributed by atoms with Crippen LogP contribution in [0, 0.1) is 6.92 Å². The third kappa shape index (κ3) is 7.06. The van der Waals surface area contributed by atoms with Crippen molar-refractivity contribution in [1.29, 1.82) is 0 Å². The molecule has 7 heteroatoms. The summed E-state index contributed by atoms with van der Waals surface area (Å²) in [7, 11) is -6.93. The summed E-state index contributed by atoms with van der Waals surface area (Å²) in [6.07, 6.45) is 1.57. The summed E-state index contributed by atoms with van der Waals surface area (Å²) in [5, 5.41) is 0. The summed E-state index contributed by atoms with van der Waals surface area (Å²) < 4.78 is 48.7. The number of sulfonamides is 1. The summed E-state index contributed by atoms with van der Waals surface area (Å²) in [5.74, 6) is -0.786. The van der Waals surface area contributed by atoms with Crippen LogP contribution in [0.25, 0.3) is 0 Å². The van der Waals surface area contributed by atoms with E-state index in [1.807, 2.05) is 31.2 Å². The Morgan fingerprint density at radius 3 is 2.14 bits per heavy atom. The number of benzene rings is 1. The Labute approximate surface area is 127 Å². The van der Waals surface area contributed by atoms with Crippen LogP contribution >= 0.6 is 0 Å². The highest BCUT2D eigenvalue weighted by atomic mass is 32.2. The molecule has 0 amide bonds. The fraction of sp³-hybridized carbons (Fsp3) is 0.571. The van der Waals surface area contributed by atoms with Gasteiger partial charge in [0.05, 0.1) is 11.5 Å². The molecule has 0 aliphatic carbocycles. The van der Waals surface area contributed by atoms with Gasteiger partial charge in [-0.25, -0.2) is 21.6 Å². The van der Waals surface area contributed by atoms with Crippen molar-refractivity contribution in [2.75, 3.05) is 17.8 Å². The minimum atomic E-state index is -3.63. The van der Waals surface area contributed by atoms with Gasteiger partial charge in [-0.3, -0.25) is 0 Å². The molecule has 0 atom stereocenters. The van der Waals surface area contributed by atoms with Crippen molar-refractivity contribution in [3.05, 3.63) is 35.4 Å². The van der Waals surface area contributed by atoms with E-state index in [1.165, 1.54) is 0 Å². The molecule has 0 aromatic heterocycles. The molecule has 0 aliphatic heterocycles. The van der Waals surface area contributed by atoms with Crippen LogP contribution in [0.4, 0.5) is 0 Å². The Balaban J connectivity index is 2.78. The van der Waals surface area contributed by atoms with E-state index >= 15 is 0 Å². The predicted octanol–water partition coefficient (Wildman–Crippen LogP) is 1.28. The van der Waals surface area contributed by atoms with Gasteiger partial charge in [-0.15, -0.1) is 0 Å². The van der Waals surface area contributed by atoms with Gasteiger partial charge in [-0.05, 0) is 38.3 Å². The van der Waals surface area contributed by atoms with Crippen LogP contribution in [-0.2, 0) is 26.3 Å². The molecule has 120 valence electrons. The first-order chi connectivity index (χ1) is 9.40. The van der Waals surface area contributed by atoms with E-state index in [0.717, 1.165) is 17.4 Å². The molecule has 0 fully saturated rings. The third-order valence-electron chi connectivity index (χ3n) is 3.05. The molecule has 0 spiro atoms. The zero-order valence-corrected chi connectivity index (χ0v) is 14.5. The van der Waals surface area contributed by atoms with Crippen LogP contribution in [-0.4, -0.2) is 40.1 Å². The highest BCUT2D eigenvalue weighted by Crippen LogP contribution is 2.17. The van der Waals surface area contributed by atoms with E-state index in [0.29, 0.717) is 6.42 Å². The summed E-state index contributed by atoms with van der Waals surface area (Å²) in [5.41, 5.74) is 1.48. The van der Waals surface area contributed by atoms with Gasteiger partial charge >= 0.3 is 0 Å². The predicted molar refractivity (Wildman–Crippen MR) is 85.6 cm³/mol. The van der Waals surface area contributed by atoms with E-state index in [-0.39, 0.29) is 5.75 Å². The molecule has 1 aromatic carbocycles. The summed E-state index contributed by atoms with van der Waals surface area (Å²) >= 11 is 0. The Kier molecular flexibility index (Phi) is 5.57. The first-order valence-electron chi connectivity index (χ1n) is 6.64. The van der Waals surface area contributed by atoms with Crippen molar-refractivity contribution in [2.45, 2.75) is 32.7 Å². The summed E-state index contributed by atoms with van der Waals surface area (Å²) in [6.45, 7) is 5.55. The Bertz CT molecular complexity index is 691. The van der Waals surface area contributed by atoms with Crippen LogP contribution < -0.4 is 4.72 Å². The Morgan fingerprint density at radius 2 is 1.62 bits per heavy atom. The van der Waals surface area contributed by atoms with Gasteiger partial charge in [-0.2, -0.15) is 0 Å². The first-order valence-corrected chi connectivity index (χ1v) is 10.4. The average Bonchev–Trinajstić information content (AvgIpc) is 2.27. The summed E-state index contributed by atoms with van der Waals surface area (Å²) in [4.78, 5) is 0. The van der Waals surface area contributed by atoms with Gasteiger partial charge in [0.2, 0.25) is 10.0 Å². The molecule has 5 nitrogen and oxygen atoms in total. The monoisotopic (exact) mass is 333 g/mol. The zero-order chi connectivity index (χ0) is 16.3. The van der Waals surface area contributed by atoms with Crippen molar-refractivity contribution >= 4 is 19.9 Å². The van der Waals surface area contributed by atoms with Crippen LogP contribution in [0.2, 0.25) is 0 Å². The number of aryl methyl sites for hydroxylation is 1. The van der Waals surface area contributed by atoms with Gasteiger partial charge in [0.1, 0.15) is 9.84 Å². The SMILES string of the molecule is Cc1ccccc1CC(C)(C)NS(=O)(=O)CCS(C)(=O)=O. The molecule has 0 heterocycles. The quantitative estimate of drug-likeness (QED) is 0.815. The molecule has 1 rings (SSSR count). The lowest BCUT2D eigenvalue weighted by Gasteiger charge is -2.26. The molecule has 1 N–H and O–H groups in total. The lowest BCUT2D eigenvalue weighted by atomic mass is 9.93. The molecule has 0 aliphatic rings. The standard InChI is InChI=1S/C14H23NO4S2/c1-12-7-5-6-8-13(12)11-14(2,3)15-21(18,19)10-9-20(4,16)17/h5-8,15H,9-11H2,1-4H3. The minimum Gasteiger partial charge on any atom is -0.229 e. The molecule has 1 aromatic rings. The second kappa shape index (κ2) is 6.46. The Morgan fingerprint density at radius 1 is 1.05 bits per heavy atom. The smallest absolute Gasteiger partial charge is 0.213 e. The van der Waals surface area contributed by atoms with Gasteiger partial charge < -0.3 is 0 Å². The van der Waals surface area contributed by atoms with E-state index in [2.05, 4.69) is 4.72 Å². The zero-order valence-electron chi connectivity index (χ0n) is 12.9. The second-order valence-electron chi connectivity index (χ2n) is 6.04. The third-order valence-corrected chi connectivity index (χ3v) is 5.86. The lowest BCUT2D eigenvalue weighted by molar-refractivity contribution is 0.450. The van der Waals surface area contributed by atoms with Crippen LogP contribution in [0.1, 0.15) is 25.0 Å². The molecule has 21 heavy (non-hydrogen) atoms. The van der Waals surface area contributed by atoms with Crippen molar-refractivity contribution in [1.82, 2.24) is 4.72 Å². The molecule has 0 radical (unpaired) electrons. The van der Waals surface area contributed by atoms with Crippen molar-refractivity contribution in [3.8, 4) is 0 Å². The largest absolute Gasteiger partial charge is 0.229 e. The average molecular weight is 333 g/mol. The van der Waals surface area contributed by atoms with Gasteiger partial charge in [0.25, 0.3) is 0 Å². The van der Waals surface area contributed by atoms with Crippen molar-refractivity contribution in [3.63, 3.8) is 0 Å². The maximum absolute atomic E-state index is 12.0. The maximum Gasteiger partial charge on any atom is 0.213 e. The minimum absolute atomic E-state index is 0.372. The first kappa shape index (κ1) is 18.1. The maximum atomic E-state index is 12.0. The number of sulfone groups is 1. The molecule has 0 unspecified atom stereocenters. The molecule has 0 bridgehead atoms. The van der Waals surface area contributed by atoms with E-state index in [4.69, 9.17) is 0 Å².